The van der Waals surface area contributed by atoms with Crippen LogP contribution in [-0.2, 0) is 22.5 Å². The third-order valence-corrected chi connectivity index (χ3v) is 4.52. The summed E-state index contributed by atoms with van der Waals surface area (Å²) < 4.78 is 6.45. The highest BCUT2D eigenvalue weighted by atomic mass is 16.5. The van der Waals surface area contributed by atoms with Gasteiger partial charge in [0.2, 0.25) is 5.91 Å². The second-order valence-electron chi connectivity index (χ2n) is 6.36. The maximum Gasteiger partial charge on any atom is 0.269 e. The summed E-state index contributed by atoms with van der Waals surface area (Å²) in [5.74, 6) is -0.104. The number of benzene rings is 1. The highest BCUT2D eigenvalue weighted by molar-refractivity contribution is 5.76. The minimum atomic E-state index is -0.268. The monoisotopic (exact) mass is 356 g/mol. The number of amides is 1. The van der Waals surface area contributed by atoms with Gasteiger partial charge in [0.15, 0.2) is 0 Å². The molecule has 2 aromatic rings. The molecule has 1 amide bonds. The van der Waals surface area contributed by atoms with Crippen molar-refractivity contribution in [3.63, 3.8) is 0 Å². The summed E-state index contributed by atoms with van der Waals surface area (Å²) in [7, 11) is 1.93. The molecule has 1 fully saturated rings. The Kier molecular flexibility index (Phi) is 6.01. The molecule has 0 unspecified atom stereocenters. The molecule has 3 rings (SSSR count). The molecule has 0 saturated carbocycles. The fourth-order valence-corrected chi connectivity index (χ4v) is 2.86. The first-order valence-electron chi connectivity index (χ1n) is 8.81. The summed E-state index contributed by atoms with van der Waals surface area (Å²) in [5, 5.41) is 4.17. The van der Waals surface area contributed by atoms with Gasteiger partial charge in [-0.1, -0.05) is 30.3 Å². The first-order valence-corrected chi connectivity index (χ1v) is 8.81. The zero-order valence-electron chi connectivity index (χ0n) is 15.0. The van der Waals surface area contributed by atoms with E-state index in [4.69, 9.17) is 4.74 Å². The lowest BCUT2D eigenvalue weighted by atomic mass is 10.1. The molecule has 1 aromatic carbocycles. The van der Waals surface area contributed by atoms with Gasteiger partial charge in [0.1, 0.15) is 6.54 Å². The number of hydrogen-bond acceptors (Lipinski definition) is 5. The third kappa shape index (κ3) is 4.70. The quantitative estimate of drug-likeness (QED) is 0.765. The van der Waals surface area contributed by atoms with Crippen molar-refractivity contribution >= 4 is 11.6 Å². The molecule has 1 aromatic heterocycles. The van der Waals surface area contributed by atoms with Crippen LogP contribution in [0.25, 0.3) is 0 Å². The predicted molar refractivity (Wildman–Crippen MR) is 99.3 cm³/mol. The fraction of sp³-hybridized carbons (Fsp3) is 0.421. The van der Waals surface area contributed by atoms with Crippen LogP contribution in [0.15, 0.2) is 47.4 Å². The molecule has 1 aliphatic rings. The average Bonchev–Trinajstić information content (AvgIpc) is 2.69. The minimum absolute atomic E-state index is 0.0349. The summed E-state index contributed by atoms with van der Waals surface area (Å²) in [6, 6.07) is 11.7. The van der Waals surface area contributed by atoms with E-state index in [-0.39, 0.29) is 18.0 Å². The third-order valence-electron chi connectivity index (χ3n) is 4.52. The highest BCUT2D eigenvalue weighted by Gasteiger charge is 2.18. The standard InChI is InChI=1S/C19H24N4O3/c1-21(8-7-16-5-3-2-4-6-16)17-13-18(24)23(20-14-17)15-19(25)22-9-11-26-12-10-22/h2-6,13-14H,7-12,15H2,1H3. The summed E-state index contributed by atoms with van der Waals surface area (Å²) in [6.07, 6.45) is 2.52. The van der Waals surface area contributed by atoms with E-state index in [1.165, 1.54) is 16.3 Å². The van der Waals surface area contributed by atoms with Gasteiger partial charge in [-0.05, 0) is 12.0 Å². The van der Waals surface area contributed by atoms with Gasteiger partial charge in [-0.3, -0.25) is 9.59 Å². The molecular formula is C19H24N4O3. The Bertz CT molecular complexity index is 785. The number of aromatic nitrogens is 2. The van der Waals surface area contributed by atoms with Crippen LogP contribution in [-0.4, -0.2) is 60.5 Å². The number of hydrogen-bond donors (Lipinski definition) is 0. The Morgan fingerprint density at radius 3 is 2.65 bits per heavy atom. The van der Waals surface area contributed by atoms with Crippen molar-refractivity contribution in [3.05, 3.63) is 58.5 Å². The van der Waals surface area contributed by atoms with E-state index in [2.05, 4.69) is 17.2 Å². The second-order valence-corrected chi connectivity index (χ2v) is 6.36. The van der Waals surface area contributed by atoms with Gasteiger partial charge in [-0.15, -0.1) is 0 Å². The molecule has 0 radical (unpaired) electrons. The summed E-state index contributed by atoms with van der Waals surface area (Å²) in [6.45, 7) is 2.95. The molecule has 26 heavy (non-hydrogen) atoms. The molecular weight excluding hydrogens is 332 g/mol. The lowest BCUT2D eigenvalue weighted by Gasteiger charge is -2.26. The summed E-state index contributed by atoms with van der Waals surface area (Å²) >= 11 is 0. The maximum absolute atomic E-state index is 12.3. The maximum atomic E-state index is 12.3. The number of anilines is 1. The highest BCUT2D eigenvalue weighted by Crippen LogP contribution is 2.09. The van der Waals surface area contributed by atoms with E-state index >= 15 is 0 Å². The van der Waals surface area contributed by atoms with Crippen molar-refractivity contribution < 1.29 is 9.53 Å². The van der Waals surface area contributed by atoms with E-state index in [0.29, 0.717) is 26.3 Å². The number of likely N-dealkylation sites (N-methyl/N-ethyl adjacent to an activating group) is 1. The zero-order chi connectivity index (χ0) is 18.4. The van der Waals surface area contributed by atoms with Crippen LogP contribution in [0, 0.1) is 0 Å². The summed E-state index contributed by atoms with van der Waals surface area (Å²) in [5.41, 5.74) is 1.73. The SMILES string of the molecule is CN(CCc1ccccc1)c1cnn(CC(=O)N2CCOCC2)c(=O)c1. The number of ether oxygens (including phenoxy) is 1. The van der Waals surface area contributed by atoms with Crippen LogP contribution >= 0.6 is 0 Å². The number of carbonyl (C=O) groups is 1. The van der Waals surface area contributed by atoms with Gasteiger partial charge >= 0.3 is 0 Å². The molecule has 7 heteroatoms. The Morgan fingerprint density at radius 1 is 1.23 bits per heavy atom. The van der Waals surface area contributed by atoms with Gasteiger partial charge in [-0.2, -0.15) is 5.10 Å². The first-order chi connectivity index (χ1) is 12.6. The lowest BCUT2D eigenvalue weighted by molar-refractivity contribution is -0.136. The molecule has 1 aliphatic heterocycles. The Hall–Kier alpha value is -2.67. The van der Waals surface area contributed by atoms with Crippen molar-refractivity contribution in [2.75, 3.05) is 44.8 Å². The van der Waals surface area contributed by atoms with Gasteiger partial charge in [-0.25, -0.2) is 4.68 Å². The number of carbonyl (C=O) groups excluding carboxylic acids is 1. The number of morpholine rings is 1. The topological polar surface area (TPSA) is 67.7 Å². The van der Waals surface area contributed by atoms with Crippen LogP contribution in [0.4, 0.5) is 5.69 Å². The number of rotatable bonds is 6. The fourth-order valence-electron chi connectivity index (χ4n) is 2.86. The van der Waals surface area contributed by atoms with Crippen LogP contribution in [0.5, 0.6) is 0 Å². The predicted octanol–water partition coefficient (Wildman–Crippen LogP) is 0.781. The van der Waals surface area contributed by atoms with Crippen LogP contribution in [0.3, 0.4) is 0 Å². The van der Waals surface area contributed by atoms with Crippen molar-refractivity contribution in [2.45, 2.75) is 13.0 Å². The first kappa shape index (κ1) is 18.1. The van der Waals surface area contributed by atoms with Crippen LogP contribution in [0.2, 0.25) is 0 Å². The minimum Gasteiger partial charge on any atom is -0.378 e. The van der Waals surface area contributed by atoms with E-state index in [0.717, 1.165) is 18.7 Å². The van der Waals surface area contributed by atoms with Gasteiger partial charge in [0, 0.05) is 32.7 Å². The molecule has 138 valence electrons. The molecule has 0 spiro atoms. The molecule has 0 bridgehead atoms. The van der Waals surface area contributed by atoms with Crippen LogP contribution in [0.1, 0.15) is 5.56 Å². The molecule has 7 nitrogen and oxygen atoms in total. The molecule has 0 atom stereocenters. The normalized spacial score (nSPS) is 14.3. The molecule has 0 N–H and O–H groups in total. The largest absolute Gasteiger partial charge is 0.378 e. The molecule has 1 saturated heterocycles. The molecule has 2 heterocycles. The van der Waals surface area contributed by atoms with E-state index in [9.17, 15) is 9.59 Å². The van der Waals surface area contributed by atoms with E-state index in [1.54, 1.807) is 11.1 Å². The van der Waals surface area contributed by atoms with E-state index < -0.39 is 0 Å². The van der Waals surface area contributed by atoms with Gasteiger partial charge in [0.25, 0.3) is 5.56 Å². The smallest absolute Gasteiger partial charge is 0.269 e. The van der Waals surface area contributed by atoms with Crippen molar-refractivity contribution in [2.24, 2.45) is 0 Å². The summed E-state index contributed by atoms with van der Waals surface area (Å²) in [4.78, 5) is 28.3. The Morgan fingerprint density at radius 2 is 1.96 bits per heavy atom. The average molecular weight is 356 g/mol. The zero-order valence-corrected chi connectivity index (χ0v) is 15.0. The van der Waals surface area contributed by atoms with Crippen molar-refractivity contribution in [1.29, 1.82) is 0 Å². The second kappa shape index (κ2) is 8.62. The Labute approximate surface area is 152 Å². The van der Waals surface area contributed by atoms with Crippen molar-refractivity contribution in [1.82, 2.24) is 14.7 Å². The van der Waals surface area contributed by atoms with E-state index in [1.807, 2.05) is 30.1 Å². The number of nitrogens with zero attached hydrogens (tertiary/aromatic N) is 4. The van der Waals surface area contributed by atoms with Crippen LogP contribution < -0.4 is 10.5 Å². The lowest BCUT2D eigenvalue weighted by Crippen LogP contribution is -2.43. The Balaban J connectivity index is 1.59. The van der Waals surface area contributed by atoms with Gasteiger partial charge < -0.3 is 14.5 Å². The molecule has 0 aliphatic carbocycles. The van der Waals surface area contributed by atoms with Crippen molar-refractivity contribution in [3.8, 4) is 0 Å². The van der Waals surface area contributed by atoms with Gasteiger partial charge in [0.05, 0.1) is 25.1 Å².